The highest BCUT2D eigenvalue weighted by molar-refractivity contribution is 5.31. The summed E-state index contributed by atoms with van der Waals surface area (Å²) in [6.07, 6.45) is 0. The molecule has 0 spiro atoms. The summed E-state index contributed by atoms with van der Waals surface area (Å²) in [5, 5.41) is 3.40. The lowest BCUT2D eigenvalue weighted by molar-refractivity contribution is 0.252. The van der Waals surface area contributed by atoms with Crippen LogP contribution in [0.2, 0.25) is 0 Å². The molecule has 0 saturated carbocycles. The molecular weight excluding hydrogens is 214 g/mol. The molecule has 1 aromatic carbocycles. The zero-order chi connectivity index (χ0) is 12.7. The van der Waals surface area contributed by atoms with Gasteiger partial charge in [-0.2, -0.15) is 0 Å². The molecule has 1 atom stereocenters. The average molecular weight is 237 g/mol. The van der Waals surface area contributed by atoms with Gasteiger partial charge in [-0.25, -0.2) is 0 Å². The third-order valence-corrected chi connectivity index (χ3v) is 2.47. The Kier molecular flexibility index (Phi) is 5.84. The van der Waals surface area contributed by atoms with Gasteiger partial charge in [0.05, 0.1) is 13.7 Å². The first kappa shape index (κ1) is 13.8. The van der Waals surface area contributed by atoms with Crippen LogP contribution in [0.25, 0.3) is 0 Å². The topological polar surface area (TPSA) is 30.5 Å². The second kappa shape index (κ2) is 7.17. The van der Waals surface area contributed by atoms with Gasteiger partial charge in [0, 0.05) is 18.5 Å². The minimum atomic E-state index is 0.500. The summed E-state index contributed by atoms with van der Waals surface area (Å²) in [6, 6.07) is 8.21. The third kappa shape index (κ3) is 5.59. The van der Waals surface area contributed by atoms with Crippen LogP contribution in [-0.4, -0.2) is 26.3 Å². The van der Waals surface area contributed by atoms with Gasteiger partial charge >= 0.3 is 0 Å². The Morgan fingerprint density at radius 1 is 1.06 bits per heavy atom. The van der Waals surface area contributed by atoms with Gasteiger partial charge in [0.1, 0.15) is 11.5 Å². The van der Waals surface area contributed by atoms with E-state index in [2.05, 4.69) is 26.1 Å². The molecule has 96 valence electrons. The molecule has 1 N–H and O–H groups in total. The standard InChI is InChI=1S/C14H23NO2/c1-11(2)15-9-12(3)10-17-14-7-5-13(16-4)6-8-14/h5-8,11-12,15H,9-10H2,1-4H3. The van der Waals surface area contributed by atoms with Crippen LogP contribution in [0, 0.1) is 5.92 Å². The highest BCUT2D eigenvalue weighted by atomic mass is 16.5. The summed E-state index contributed by atoms with van der Waals surface area (Å²) in [4.78, 5) is 0. The van der Waals surface area contributed by atoms with Crippen LogP contribution >= 0.6 is 0 Å². The van der Waals surface area contributed by atoms with Gasteiger partial charge in [0.25, 0.3) is 0 Å². The first-order valence-corrected chi connectivity index (χ1v) is 6.12. The minimum absolute atomic E-state index is 0.500. The number of rotatable bonds is 7. The number of methoxy groups -OCH3 is 1. The quantitative estimate of drug-likeness (QED) is 0.791. The summed E-state index contributed by atoms with van der Waals surface area (Å²) in [6.45, 7) is 8.19. The monoisotopic (exact) mass is 237 g/mol. The summed E-state index contributed by atoms with van der Waals surface area (Å²) >= 11 is 0. The number of nitrogens with one attached hydrogen (secondary N) is 1. The molecule has 0 aliphatic heterocycles. The van der Waals surface area contributed by atoms with E-state index >= 15 is 0 Å². The molecule has 0 radical (unpaired) electrons. The van der Waals surface area contributed by atoms with Crippen molar-refractivity contribution in [3.8, 4) is 11.5 Å². The Morgan fingerprint density at radius 2 is 1.65 bits per heavy atom. The highest BCUT2D eigenvalue weighted by Gasteiger charge is 2.04. The van der Waals surface area contributed by atoms with Crippen molar-refractivity contribution in [2.75, 3.05) is 20.3 Å². The largest absolute Gasteiger partial charge is 0.497 e. The fourth-order valence-electron chi connectivity index (χ4n) is 1.41. The van der Waals surface area contributed by atoms with E-state index in [1.165, 1.54) is 0 Å². The van der Waals surface area contributed by atoms with Crippen molar-refractivity contribution in [1.29, 1.82) is 0 Å². The van der Waals surface area contributed by atoms with Crippen LogP contribution < -0.4 is 14.8 Å². The van der Waals surface area contributed by atoms with Crippen LogP contribution in [0.1, 0.15) is 20.8 Å². The van der Waals surface area contributed by atoms with Crippen LogP contribution in [0.15, 0.2) is 24.3 Å². The number of ether oxygens (including phenoxy) is 2. The Hall–Kier alpha value is -1.22. The lowest BCUT2D eigenvalue weighted by Crippen LogP contribution is -2.30. The fourth-order valence-corrected chi connectivity index (χ4v) is 1.41. The van der Waals surface area contributed by atoms with E-state index in [0.717, 1.165) is 24.7 Å². The van der Waals surface area contributed by atoms with Gasteiger partial charge in [0.2, 0.25) is 0 Å². The van der Waals surface area contributed by atoms with E-state index in [-0.39, 0.29) is 0 Å². The maximum atomic E-state index is 5.70. The second-order valence-corrected chi connectivity index (χ2v) is 4.65. The normalized spacial score (nSPS) is 12.5. The van der Waals surface area contributed by atoms with Crippen LogP contribution in [0.5, 0.6) is 11.5 Å². The molecule has 17 heavy (non-hydrogen) atoms. The smallest absolute Gasteiger partial charge is 0.119 e. The molecule has 0 aromatic heterocycles. The van der Waals surface area contributed by atoms with Crippen LogP contribution in [-0.2, 0) is 0 Å². The zero-order valence-corrected chi connectivity index (χ0v) is 11.2. The molecule has 0 fully saturated rings. The number of hydrogen-bond donors (Lipinski definition) is 1. The second-order valence-electron chi connectivity index (χ2n) is 4.65. The third-order valence-electron chi connectivity index (χ3n) is 2.47. The molecule has 1 unspecified atom stereocenters. The predicted molar refractivity (Wildman–Crippen MR) is 70.8 cm³/mol. The van der Waals surface area contributed by atoms with Gasteiger partial charge in [-0.05, 0) is 24.3 Å². The van der Waals surface area contributed by atoms with Crippen LogP contribution in [0.4, 0.5) is 0 Å². The number of benzene rings is 1. The molecule has 1 rings (SSSR count). The molecule has 3 nitrogen and oxygen atoms in total. The van der Waals surface area contributed by atoms with Gasteiger partial charge in [0.15, 0.2) is 0 Å². The van der Waals surface area contributed by atoms with E-state index in [1.807, 2.05) is 24.3 Å². The zero-order valence-electron chi connectivity index (χ0n) is 11.2. The van der Waals surface area contributed by atoms with Crippen molar-refractivity contribution in [1.82, 2.24) is 5.32 Å². The van der Waals surface area contributed by atoms with Gasteiger partial charge in [-0.1, -0.05) is 20.8 Å². The SMILES string of the molecule is COc1ccc(OCC(C)CNC(C)C)cc1. The summed E-state index contributed by atoms with van der Waals surface area (Å²) < 4.78 is 10.8. The highest BCUT2D eigenvalue weighted by Crippen LogP contribution is 2.17. The maximum Gasteiger partial charge on any atom is 0.119 e. The van der Waals surface area contributed by atoms with E-state index in [9.17, 15) is 0 Å². The van der Waals surface area contributed by atoms with Crippen molar-refractivity contribution >= 4 is 0 Å². The van der Waals surface area contributed by atoms with Crippen molar-refractivity contribution in [2.24, 2.45) is 5.92 Å². The molecule has 1 aromatic rings. The maximum absolute atomic E-state index is 5.70. The molecule has 0 bridgehead atoms. The molecule has 0 aliphatic rings. The molecule has 3 heteroatoms. The van der Waals surface area contributed by atoms with E-state index < -0.39 is 0 Å². The molecule has 0 amide bonds. The predicted octanol–water partition coefficient (Wildman–Crippen LogP) is 2.71. The lowest BCUT2D eigenvalue weighted by atomic mass is 10.2. The Bertz CT molecular complexity index is 309. The first-order chi connectivity index (χ1) is 8.11. The van der Waals surface area contributed by atoms with E-state index in [1.54, 1.807) is 7.11 Å². The number of hydrogen-bond acceptors (Lipinski definition) is 3. The van der Waals surface area contributed by atoms with Crippen LogP contribution in [0.3, 0.4) is 0 Å². The molecule has 0 aliphatic carbocycles. The van der Waals surface area contributed by atoms with Gasteiger partial charge < -0.3 is 14.8 Å². The average Bonchev–Trinajstić information content (AvgIpc) is 2.34. The van der Waals surface area contributed by atoms with E-state index in [0.29, 0.717) is 12.0 Å². The van der Waals surface area contributed by atoms with Gasteiger partial charge in [-0.3, -0.25) is 0 Å². The Labute approximate surface area is 104 Å². The van der Waals surface area contributed by atoms with Crippen molar-refractivity contribution in [2.45, 2.75) is 26.8 Å². The molecular formula is C14H23NO2. The lowest BCUT2D eigenvalue weighted by Gasteiger charge is -2.15. The first-order valence-electron chi connectivity index (χ1n) is 6.12. The summed E-state index contributed by atoms with van der Waals surface area (Å²) in [5.74, 6) is 2.24. The molecule has 0 saturated heterocycles. The van der Waals surface area contributed by atoms with Crippen molar-refractivity contribution < 1.29 is 9.47 Å². The van der Waals surface area contributed by atoms with Crippen molar-refractivity contribution in [3.63, 3.8) is 0 Å². The van der Waals surface area contributed by atoms with Gasteiger partial charge in [-0.15, -0.1) is 0 Å². The minimum Gasteiger partial charge on any atom is -0.497 e. The summed E-state index contributed by atoms with van der Waals surface area (Å²) in [5.41, 5.74) is 0. The summed E-state index contributed by atoms with van der Waals surface area (Å²) in [7, 11) is 1.66. The fraction of sp³-hybridized carbons (Fsp3) is 0.571. The Morgan fingerprint density at radius 3 is 2.18 bits per heavy atom. The van der Waals surface area contributed by atoms with E-state index in [4.69, 9.17) is 9.47 Å². The molecule has 0 heterocycles. The Balaban J connectivity index is 2.29. The van der Waals surface area contributed by atoms with Crippen molar-refractivity contribution in [3.05, 3.63) is 24.3 Å².